The second-order valence-electron chi connectivity index (χ2n) is 6.94. The first-order valence-electron chi connectivity index (χ1n) is 8.13. The molecule has 2 aliphatic rings. The smallest absolute Gasteiger partial charge is 0.244 e. The zero-order chi connectivity index (χ0) is 15.2. The summed E-state index contributed by atoms with van der Waals surface area (Å²) in [5.41, 5.74) is 2.01. The number of carbonyl (C=O) groups excluding carboxylic acids is 1. The summed E-state index contributed by atoms with van der Waals surface area (Å²) in [6.45, 7) is 8.44. The van der Waals surface area contributed by atoms with Gasteiger partial charge >= 0.3 is 0 Å². The van der Waals surface area contributed by atoms with Crippen molar-refractivity contribution in [2.75, 3.05) is 0 Å². The van der Waals surface area contributed by atoms with Crippen LogP contribution in [0.4, 0.5) is 0 Å². The number of hydrogen-bond acceptors (Lipinski definition) is 2. The molecule has 1 amide bonds. The van der Waals surface area contributed by atoms with E-state index in [9.17, 15) is 4.79 Å². The topological polar surface area (TPSA) is 32.3 Å². The summed E-state index contributed by atoms with van der Waals surface area (Å²) >= 11 is 0. The lowest BCUT2D eigenvalue weighted by molar-refractivity contribution is -0.135. The van der Waals surface area contributed by atoms with Crippen molar-refractivity contribution in [3.63, 3.8) is 0 Å². The fraction of sp³-hybridized carbons (Fsp3) is 0.611. The maximum Gasteiger partial charge on any atom is 0.244 e. The van der Waals surface area contributed by atoms with E-state index in [1.807, 2.05) is 6.92 Å². The van der Waals surface area contributed by atoms with E-state index in [4.69, 9.17) is 0 Å². The van der Waals surface area contributed by atoms with Crippen molar-refractivity contribution in [3.05, 3.63) is 35.4 Å². The van der Waals surface area contributed by atoms with Gasteiger partial charge < -0.3 is 4.90 Å². The first-order chi connectivity index (χ1) is 9.96. The van der Waals surface area contributed by atoms with Gasteiger partial charge in [0.15, 0.2) is 0 Å². The van der Waals surface area contributed by atoms with E-state index in [1.54, 1.807) is 0 Å². The van der Waals surface area contributed by atoms with Crippen molar-refractivity contribution in [1.29, 1.82) is 0 Å². The molecule has 1 N–H and O–H groups in total. The summed E-state index contributed by atoms with van der Waals surface area (Å²) in [5, 5.41) is 3.60. The van der Waals surface area contributed by atoms with Gasteiger partial charge in [-0.2, -0.15) is 0 Å². The molecule has 3 unspecified atom stereocenters. The monoisotopic (exact) mass is 286 g/mol. The van der Waals surface area contributed by atoms with Crippen LogP contribution in [0.2, 0.25) is 0 Å². The van der Waals surface area contributed by atoms with Gasteiger partial charge in [-0.05, 0) is 51.5 Å². The van der Waals surface area contributed by atoms with E-state index < -0.39 is 5.54 Å². The van der Waals surface area contributed by atoms with Gasteiger partial charge in [0.1, 0.15) is 6.17 Å². The van der Waals surface area contributed by atoms with Crippen LogP contribution < -0.4 is 5.32 Å². The van der Waals surface area contributed by atoms with Crippen LogP contribution in [0.5, 0.6) is 0 Å². The molecule has 0 bridgehead atoms. The van der Waals surface area contributed by atoms with E-state index in [-0.39, 0.29) is 12.1 Å². The van der Waals surface area contributed by atoms with Gasteiger partial charge in [0, 0.05) is 6.04 Å². The van der Waals surface area contributed by atoms with Crippen molar-refractivity contribution in [2.45, 2.75) is 64.7 Å². The van der Waals surface area contributed by atoms with E-state index in [2.05, 4.69) is 55.3 Å². The summed E-state index contributed by atoms with van der Waals surface area (Å²) in [6.07, 6.45) is 3.35. The van der Waals surface area contributed by atoms with Gasteiger partial charge in [-0.15, -0.1) is 0 Å². The number of rotatable bonds is 4. The number of benzene rings is 1. The van der Waals surface area contributed by atoms with Gasteiger partial charge in [-0.1, -0.05) is 36.8 Å². The lowest BCUT2D eigenvalue weighted by Crippen LogP contribution is -2.44. The summed E-state index contributed by atoms with van der Waals surface area (Å²) in [7, 11) is 0. The van der Waals surface area contributed by atoms with Crippen LogP contribution in [0.3, 0.4) is 0 Å². The lowest BCUT2D eigenvalue weighted by Gasteiger charge is -2.31. The molecular formula is C18H26N2O. The Morgan fingerprint density at radius 2 is 2.14 bits per heavy atom. The Labute approximate surface area is 127 Å². The van der Waals surface area contributed by atoms with Gasteiger partial charge in [0.2, 0.25) is 5.91 Å². The molecule has 21 heavy (non-hydrogen) atoms. The van der Waals surface area contributed by atoms with Gasteiger partial charge in [0.05, 0.1) is 5.54 Å². The Morgan fingerprint density at radius 1 is 1.43 bits per heavy atom. The summed E-state index contributed by atoms with van der Waals surface area (Å²) in [5.74, 6) is 0.943. The van der Waals surface area contributed by atoms with Crippen molar-refractivity contribution in [3.8, 4) is 0 Å². The Hall–Kier alpha value is -1.35. The SMILES string of the molecule is CCC1(C)NC(c2cccc(C)c2)N(C(C)C2CC2)C1=O. The predicted molar refractivity (Wildman–Crippen MR) is 84.8 cm³/mol. The van der Waals surface area contributed by atoms with Crippen molar-refractivity contribution >= 4 is 5.91 Å². The van der Waals surface area contributed by atoms with E-state index >= 15 is 0 Å². The molecule has 1 aromatic carbocycles. The molecule has 1 saturated heterocycles. The van der Waals surface area contributed by atoms with Crippen LogP contribution in [0.1, 0.15) is 57.3 Å². The highest BCUT2D eigenvalue weighted by Crippen LogP contribution is 2.42. The van der Waals surface area contributed by atoms with E-state index in [0.29, 0.717) is 12.0 Å². The highest BCUT2D eigenvalue weighted by atomic mass is 16.2. The molecule has 0 spiro atoms. The molecule has 0 aromatic heterocycles. The average Bonchev–Trinajstić information content (AvgIpc) is 3.27. The van der Waals surface area contributed by atoms with Crippen molar-refractivity contribution in [1.82, 2.24) is 10.2 Å². The Morgan fingerprint density at radius 3 is 2.71 bits per heavy atom. The highest BCUT2D eigenvalue weighted by Gasteiger charge is 2.51. The maximum atomic E-state index is 13.0. The lowest BCUT2D eigenvalue weighted by atomic mass is 9.99. The maximum absolute atomic E-state index is 13.0. The largest absolute Gasteiger partial charge is 0.318 e. The molecule has 2 fully saturated rings. The van der Waals surface area contributed by atoms with Crippen LogP contribution in [-0.2, 0) is 4.79 Å². The standard InChI is InChI=1S/C18H26N2O/c1-5-18(4)17(21)20(13(3)14-9-10-14)16(19-18)15-8-6-7-12(2)11-15/h6-8,11,13-14,16,19H,5,9-10H2,1-4H3. The molecule has 3 atom stereocenters. The number of amides is 1. The number of hydrogen-bond donors (Lipinski definition) is 1. The van der Waals surface area contributed by atoms with E-state index in [0.717, 1.165) is 6.42 Å². The minimum absolute atomic E-state index is 0.0120. The first kappa shape index (κ1) is 14.6. The van der Waals surface area contributed by atoms with Gasteiger partial charge in [-0.3, -0.25) is 10.1 Å². The van der Waals surface area contributed by atoms with Crippen molar-refractivity contribution < 1.29 is 4.79 Å². The van der Waals surface area contributed by atoms with Crippen LogP contribution in [-0.4, -0.2) is 22.4 Å². The second kappa shape index (κ2) is 5.13. The molecule has 1 heterocycles. The fourth-order valence-corrected chi connectivity index (χ4v) is 3.40. The van der Waals surface area contributed by atoms with Gasteiger partial charge in [-0.25, -0.2) is 0 Å². The minimum atomic E-state index is -0.433. The predicted octanol–water partition coefficient (Wildman–Crippen LogP) is 3.39. The Kier molecular flexibility index (Phi) is 3.56. The third kappa shape index (κ3) is 2.48. The molecule has 1 aliphatic heterocycles. The van der Waals surface area contributed by atoms with Gasteiger partial charge in [0.25, 0.3) is 0 Å². The van der Waals surface area contributed by atoms with Crippen LogP contribution >= 0.6 is 0 Å². The number of nitrogens with one attached hydrogen (secondary N) is 1. The molecule has 1 saturated carbocycles. The Balaban J connectivity index is 1.97. The molecular weight excluding hydrogens is 260 g/mol. The minimum Gasteiger partial charge on any atom is -0.318 e. The Bertz CT molecular complexity index is 552. The zero-order valence-electron chi connectivity index (χ0n) is 13.5. The molecule has 3 nitrogen and oxygen atoms in total. The molecule has 3 rings (SSSR count). The highest BCUT2D eigenvalue weighted by molar-refractivity contribution is 5.89. The number of aryl methyl sites for hydroxylation is 1. The molecule has 3 heteroatoms. The van der Waals surface area contributed by atoms with Crippen LogP contribution in [0.15, 0.2) is 24.3 Å². The third-order valence-electron chi connectivity index (χ3n) is 5.25. The fourth-order valence-electron chi connectivity index (χ4n) is 3.40. The second-order valence-corrected chi connectivity index (χ2v) is 6.94. The summed E-state index contributed by atoms with van der Waals surface area (Å²) in [4.78, 5) is 15.1. The first-order valence-corrected chi connectivity index (χ1v) is 8.13. The third-order valence-corrected chi connectivity index (χ3v) is 5.25. The van der Waals surface area contributed by atoms with Crippen LogP contribution in [0, 0.1) is 12.8 Å². The molecule has 114 valence electrons. The zero-order valence-corrected chi connectivity index (χ0v) is 13.5. The molecule has 1 aliphatic carbocycles. The summed E-state index contributed by atoms with van der Waals surface area (Å²) in [6, 6.07) is 8.83. The average molecular weight is 286 g/mol. The summed E-state index contributed by atoms with van der Waals surface area (Å²) < 4.78 is 0. The quantitative estimate of drug-likeness (QED) is 0.920. The van der Waals surface area contributed by atoms with Crippen molar-refractivity contribution in [2.24, 2.45) is 5.92 Å². The number of carbonyl (C=O) groups is 1. The molecule has 0 radical (unpaired) electrons. The normalized spacial score (nSPS) is 30.8. The molecule has 1 aromatic rings. The van der Waals surface area contributed by atoms with E-state index in [1.165, 1.54) is 24.0 Å². The number of nitrogens with zero attached hydrogens (tertiary/aromatic N) is 1. The van der Waals surface area contributed by atoms with Crippen LogP contribution in [0.25, 0.3) is 0 Å².